The Kier molecular flexibility index (Phi) is 3.03. The number of nitro groups is 1. The van der Waals surface area contributed by atoms with E-state index in [-0.39, 0.29) is 17.5 Å². The fourth-order valence-corrected chi connectivity index (χ4v) is 1.22. The molecule has 0 aliphatic heterocycles. The van der Waals surface area contributed by atoms with E-state index in [0.29, 0.717) is 12.0 Å². The number of aromatic hydroxyl groups is 1. The Balaban J connectivity index is 3.20. The highest BCUT2D eigenvalue weighted by molar-refractivity contribution is 5.51. The lowest BCUT2D eigenvalue weighted by molar-refractivity contribution is -0.386. The van der Waals surface area contributed by atoms with Crippen molar-refractivity contribution in [3.63, 3.8) is 0 Å². The lowest BCUT2D eigenvalue weighted by Gasteiger charge is -2.10. The molecule has 0 aromatic heterocycles. The van der Waals surface area contributed by atoms with Gasteiger partial charge in [-0.3, -0.25) is 10.1 Å². The molecule has 14 heavy (non-hydrogen) atoms. The predicted molar refractivity (Wildman–Crippen MR) is 52.0 cm³/mol. The number of nitro benzene ring substituents is 1. The number of rotatable bonds is 3. The van der Waals surface area contributed by atoms with Crippen molar-refractivity contribution in [2.75, 3.05) is 0 Å². The zero-order valence-corrected chi connectivity index (χ0v) is 7.80. The molecule has 5 heteroatoms. The summed E-state index contributed by atoms with van der Waals surface area (Å²) in [6.07, 6.45) is 0.620. The summed E-state index contributed by atoms with van der Waals surface area (Å²) in [5.74, 6) is -0.327. The highest BCUT2D eigenvalue weighted by Crippen LogP contribution is 2.33. The Morgan fingerprint density at radius 1 is 1.64 bits per heavy atom. The first-order valence-corrected chi connectivity index (χ1v) is 4.29. The minimum absolute atomic E-state index is 0.300. The quantitative estimate of drug-likeness (QED) is 0.568. The third-order valence-corrected chi connectivity index (χ3v) is 2.08. The van der Waals surface area contributed by atoms with Crippen LogP contribution < -0.4 is 5.73 Å². The van der Waals surface area contributed by atoms with Gasteiger partial charge in [-0.1, -0.05) is 19.1 Å². The molecule has 0 saturated heterocycles. The number of para-hydroxylation sites is 1. The summed E-state index contributed by atoms with van der Waals surface area (Å²) in [4.78, 5) is 9.87. The highest BCUT2D eigenvalue weighted by Gasteiger charge is 2.18. The number of benzene rings is 1. The largest absolute Gasteiger partial charge is 0.502 e. The van der Waals surface area contributed by atoms with Gasteiger partial charge in [-0.15, -0.1) is 0 Å². The minimum atomic E-state index is -0.624. The van der Waals surface area contributed by atoms with Crippen LogP contribution in [0.25, 0.3) is 0 Å². The lowest BCUT2D eigenvalue weighted by atomic mass is 10.0. The van der Waals surface area contributed by atoms with Gasteiger partial charge in [0, 0.05) is 17.7 Å². The van der Waals surface area contributed by atoms with Crippen molar-refractivity contribution in [3.8, 4) is 5.75 Å². The maximum Gasteiger partial charge on any atom is 0.311 e. The van der Waals surface area contributed by atoms with E-state index in [0.717, 1.165) is 0 Å². The first-order valence-electron chi connectivity index (χ1n) is 4.29. The maximum absolute atomic E-state index is 10.5. The van der Waals surface area contributed by atoms with Gasteiger partial charge in [-0.2, -0.15) is 0 Å². The summed E-state index contributed by atoms with van der Waals surface area (Å²) in [5, 5.41) is 20.0. The smallest absolute Gasteiger partial charge is 0.311 e. The van der Waals surface area contributed by atoms with Crippen molar-refractivity contribution < 1.29 is 10.0 Å². The van der Waals surface area contributed by atoms with Crippen LogP contribution in [-0.2, 0) is 0 Å². The molecule has 0 spiro atoms. The molecular formula is C9H12N2O3. The molecule has 0 saturated carbocycles. The second kappa shape index (κ2) is 4.06. The van der Waals surface area contributed by atoms with Gasteiger partial charge in [0.2, 0.25) is 0 Å². The monoisotopic (exact) mass is 196 g/mol. The van der Waals surface area contributed by atoms with Gasteiger partial charge in [0.25, 0.3) is 0 Å². The fraction of sp³-hybridized carbons (Fsp3) is 0.333. The van der Waals surface area contributed by atoms with Gasteiger partial charge in [0.15, 0.2) is 5.75 Å². The van der Waals surface area contributed by atoms with E-state index in [1.807, 2.05) is 6.92 Å². The van der Waals surface area contributed by atoms with E-state index in [2.05, 4.69) is 0 Å². The molecule has 1 atom stereocenters. The summed E-state index contributed by atoms with van der Waals surface area (Å²) >= 11 is 0. The Hall–Kier alpha value is -1.62. The van der Waals surface area contributed by atoms with Crippen LogP contribution >= 0.6 is 0 Å². The van der Waals surface area contributed by atoms with E-state index < -0.39 is 4.92 Å². The third-order valence-electron chi connectivity index (χ3n) is 2.08. The molecule has 3 N–H and O–H groups in total. The third kappa shape index (κ3) is 1.82. The summed E-state index contributed by atoms with van der Waals surface area (Å²) in [6.45, 7) is 1.85. The van der Waals surface area contributed by atoms with Crippen LogP contribution in [-0.4, -0.2) is 10.0 Å². The summed E-state index contributed by atoms with van der Waals surface area (Å²) in [6, 6.07) is 4.00. The Labute approximate surface area is 81.3 Å². The zero-order valence-electron chi connectivity index (χ0n) is 7.80. The number of hydrogen-bond acceptors (Lipinski definition) is 4. The van der Waals surface area contributed by atoms with E-state index >= 15 is 0 Å². The van der Waals surface area contributed by atoms with Crippen LogP contribution in [0.1, 0.15) is 24.9 Å². The second-order valence-electron chi connectivity index (χ2n) is 2.99. The first-order chi connectivity index (χ1) is 6.57. The molecule has 0 radical (unpaired) electrons. The van der Waals surface area contributed by atoms with Crippen LogP contribution in [0.3, 0.4) is 0 Å². The Bertz CT molecular complexity index is 352. The van der Waals surface area contributed by atoms with Crippen LogP contribution in [0.2, 0.25) is 0 Å². The van der Waals surface area contributed by atoms with Crippen LogP contribution in [0, 0.1) is 10.1 Å². The predicted octanol–water partition coefficient (Wildman–Crippen LogP) is 1.71. The SMILES string of the molecule is CC[C@@H](N)c1cccc([N+](=O)[O-])c1O. The standard InChI is InChI=1S/C9H12N2O3/c1-2-7(10)6-4-3-5-8(9(6)12)11(13)14/h3-5,7,12H,2,10H2,1H3/t7-/m1/s1. The number of phenols is 1. The average Bonchev–Trinajstić information content (AvgIpc) is 2.16. The molecule has 0 fully saturated rings. The topological polar surface area (TPSA) is 89.4 Å². The van der Waals surface area contributed by atoms with Gasteiger partial charge < -0.3 is 10.8 Å². The molecule has 0 bridgehead atoms. The molecule has 0 amide bonds. The Morgan fingerprint density at radius 2 is 2.29 bits per heavy atom. The Morgan fingerprint density at radius 3 is 2.79 bits per heavy atom. The van der Waals surface area contributed by atoms with E-state index in [1.54, 1.807) is 6.07 Å². The lowest BCUT2D eigenvalue weighted by Crippen LogP contribution is -2.09. The van der Waals surface area contributed by atoms with E-state index in [4.69, 9.17) is 5.73 Å². The average molecular weight is 196 g/mol. The van der Waals surface area contributed by atoms with Gasteiger partial charge in [0.05, 0.1) is 4.92 Å². The molecule has 0 aliphatic rings. The number of hydrogen-bond donors (Lipinski definition) is 2. The van der Waals surface area contributed by atoms with Crippen LogP contribution in [0.5, 0.6) is 5.75 Å². The molecule has 0 unspecified atom stereocenters. The molecular weight excluding hydrogens is 184 g/mol. The van der Waals surface area contributed by atoms with Crippen molar-refractivity contribution in [1.82, 2.24) is 0 Å². The zero-order chi connectivity index (χ0) is 10.7. The van der Waals surface area contributed by atoms with Crippen molar-refractivity contribution in [1.29, 1.82) is 0 Å². The van der Waals surface area contributed by atoms with Gasteiger partial charge in [-0.05, 0) is 6.42 Å². The molecule has 76 valence electrons. The van der Waals surface area contributed by atoms with E-state index in [9.17, 15) is 15.2 Å². The fourth-order valence-electron chi connectivity index (χ4n) is 1.22. The van der Waals surface area contributed by atoms with Crippen molar-refractivity contribution >= 4 is 5.69 Å². The van der Waals surface area contributed by atoms with Crippen molar-refractivity contribution in [2.45, 2.75) is 19.4 Å². The molecule has 0 heterocycles. The molecule has 1 aromatic rings. The maximum atomic E-state index is 10.5. The van der Waals surface area contributed by atoms with Gasteiger partial charge >= 0.3 is 5.69 Å². The second-order valence-corrected chi connectivity index (χ2v) is 2.99. The molecule has 1 aromatic carbocycles. The number of nitrogens with zero attached hydrogens (tertiary/aromatic N) is 1. The minimum Gasteiger partial charge on any atom is -0.502 e. The summed E-state index contributed by atoms with van der Waals surface area (Å²) < 4.78 is 0. The van der Waals surface area contributed by atoms with Gasteiger partial charge in [-0.25, -0.2) is 0 Å². The van der Waals surface area contributed by atoms with Crippen LogP contribution in [0.15, 0.2) is 18.2 Å². The molecule has 5 nitrogen and oxygen atoms in total. The normalized spacial score (nSPS) is 12.4. The van der Waals surface area contributed by atoms with Crippen molar-refractivity contribution in [2.24, 2.45) is 5.73 Å². The van der Waals surface area contributed by atoms with Crippen molar-refractivity contribution in [3.05, 3.63) is 33.9 Å². The highest BCUT2D eigenvalue weighted by atomic mass is 16.6. The number of nitrogens with two attached hydrogens (primary N) is 1. The van der Waals surface area contributed by atoms with Gasteiger partial charge in [0.1, 0.15) is 0 Å². The summed E-state index contributed by atoms with van der Waals surface area (Å²) in [7, 11) is 0. The molecule has 1 rings (SSSR count). The first kappa shape index (κ1) is 10.5. The summed E-state index contributed by atoms with van der Waals surface area (Å²) in [5.41, 5.74) is 5.80. The molecule has 0 aliphatic carbocycles. The number of phenolic OH excluding ortho intramolecular Hbond substituents is 1. The van der Waals surface area contributed by atoms with E-state index in [1.165, 1.54) is 12.1 Å². The van der Waals surface area contributed by atoms with Crippen LogP contribution in [0.4, 0.5) is 5.69 Å².